The minimum absolute atomic E-state index is 0.0916. The van der Waals surface area contributed by atoms with E-state index < -0.39 is 0 Å². The van der Waals surface area contributed by atoms with Gasteiger partial charge in [-0.1, -0.05) is 140 Å². The highest BCUT2D eigenvalue weighted by molar-refractivity contribution is 8.14. The van der Waals surface area contributed by atoms with E-state index in [2.05, 4.69) is 45.0 Å². The first-order valence-corrected chi connectivity index (χ1v) is 20.7. The Bertz CT molecular complexity index is 761. The van der Waals surface area contributed by atoms with Crippen molar-refractivity contribution in [2.75, 3.05) is 33.9 Å². The second-order valence-electron chi connectivity index (χ2n) is 13.6. The van der Waals surface area contributed by atoms with E-state index in [1.54, 1.807) is 11.8 Å². The van der Waals surface area contributed by atoms with Crippen LogP contribution < -0.4 is 0 Å². The van der Waals surface area contributed by atoms with E-state index in [9.17, 15) is 14.4 Å². The number of hydrogen-bond acceptors (Lipinski definition) is 7. The molecular formula is C41H75NO5S. The summed E-state index contributed by atoms with van der Waals surface area (Å²) in [6.07, 6.45) is 35.8. The molecule has 0 fully saturated rings. The molecule has 0 amide bonds. The summed E-state index contributed by atoms with van der Waals surface area (Å²) in [7, 11) is 4.10. The number of nitrogens with zero attached hydrogens (tertiary/aromatic N) is 1. The first-order valence-electron chi connectivity index (χ1n) is 19.8. The SMILES string of the molecule is CCCCCC/C=C\COC(=O)CCCCCCCC(CCCCCCCC(=O)OC/C=C\CCCCCC)SC(=O)CCCN(C)C. The lowest BCUT2D eigenvalue weighted by atomic mass is 10.0. The lowest BCUT2D eigenvalue weighted by Gasteiger charge is -2.16. The Kier molecular flexibility index (Phi) is 35.5. The molecule has 0 spiro atoms. The molecule has 0 aliphatic rings. The van der Waals surface area contributed by atoms with Gasteiger partial charge in [0.05, 0.1) is 0 Å². The predicted octanol–water partition coefficient (Wildman–Crippen LogP) is 11.6. The number of ether oxygens (including phenoxy) is 2. The lowest BCUT2D eigenvalue weighted by molar-refractivity contribution is -0.143. The van der Waals surface area contributed by atoms with E-state index in [-0.39, 0.29) is 11.9 Å². The molecule has 0 aliphatic heterocycles. The van der Waals surface area contributed by atoms with Gasteiger partial charge in [-0.15, -0.1) is 0 Å². The molecular weight excluding hydrogens is 619 g/mol. The zero-order valence-corrected chi connectivity index (χ0v) is 32.6. The Morgan fingerprint density at radius 1 is 0.542 bits per heavy atom. The smallest absolute Gasteiger partial charge is 0.306 e. The standard InChI is InChI=1S/C41H75NO5S/c1-5-7-9-11-13-21-27-36-46-39(43)32-25-19-15-17-23-30-38(48-41(45)34-29-35-42(3)4)31-24-18-16-20-26-33-40(44)47-37-28-22-14-12-10-8-6-2/h21-22,27-28,38H,5-20,23-26,29-37H2,1-4H3/b27-21-,28-22-. The Labute approximate surface area is 301 Å². The van der Waals surface area contributed by atoms with Crippen molar-refractivity contribution >= 4 is 28.8 Å². The van der Waals surface area contributed by atoms with Gasteiger partial charge in [-0.05, 0) is 78.4 Å². The largest absolute Gasteiger partial charge is 0.461 e. The molecule has 0 aliphatic carbocycles. The summed E-state index contributed by atoms with van der Waals surface area (Å²) in [6, 6.07) is 0. The maximum absolute atomic E-state index is 12.7. The topological polar surface area (TPSA) is 72.9 Å². The van der Waals surface area contributed by atoms with Gasteiger partial charge in [0.1, 0.15) is 13.2 Å². The number of hydrogen-bond donors (Lipinski definition) is 0. The van der Waals surface area contributed by atoms with E-state index in [1.807, 2.05) is 12.2 Å². The van der Waals surface area contributed by atoms with Gasteiger partial charge in [-0.3, -0.25) is 14.4 Å². The quantitative estimate of drug-likeness (QED) is 0.0371. The van der Waals surface area contributed by atoms with Crippen molar-refractivity contribution in [3.63, 3.8) is 0 Å². The highest BCUT2D eigenvalue weighted by Gasteiger charge is 2.15. The van der Waals surface area contributed by atoms with Crippen LogP contribution in [0.25, 0.3) is 0 Å². The molecule has 7 heteroatoms. The number of allylic oxidation sites excluding steroid dienone is 2. The van der Waals surface area contributed by atoms with Gasteiger partial charge in [-0.25, -0.2) is 0 Å². The Morgan fingerprint density at radius 2 is 0.979 bits per heavy atom. The van der Waals surface area contributed by atoms with Crippen molar-refractivity contribution in [3.8, 4) is 0 Å². The second kappa shape index (κ2) is 36.7. The van der Waals surface area contributed by atoms with Crippen molar-refractivity contribution in [2.24, 2.45) is 0 Å². The van der Waals surface area contributed by atoms with Crippen LogP contribution in [0.3, 0.4) is 0 Å². The molecule has 0 rings (SSSR count). The van der Waals surface area contributed by atoms with Gasteiger partial charge >= 0.3 is 11.9 Å². The Morgan fingerprint density at radius 3 is 1.44 bits per heavy atom. The van der Waals surface area contributed by atoms with E-state index in [1.165, 1.54) is 51.4 Å². The van der Waals surface area contributed by atoms with E-state index in [0.717, 1.165) is 103 Å². The van der Waals surface area contributed by atoms with Crippen LogP contribution in [0.5, 0.6) is 0 Å². The zero-order valence-electron chi connectivity index (χ0n) is 31.8. The molecule has 0 heterocycles. The highest BCUT2D eigenvalue weighted by Crippen LogP contribution is 2.26. The van der Waals surface area contributed by atoms with Gasteiger partial charge in [0.2, 0.25) is 0 Å². The average Bonchev–Trinajstić information content (AvgIpc) is 3.05. The van der Waals surface area contributed by atoms with Crippen LogP contribution in [0.15, 0.2) is 24.3 Å². The van der Waals surface area contributed by atoms with E-state index >= 15 is 0 Å². The first kappa shape index (κ1) is 46.4. The third kappa shape index (κ3) is 35.7. The van der Waals surface area contributed by atoms with Crippen molar-refractivity contribution in [2.45, 2.75) is 186 Å². The molecule has 0 atom stereocenters. The molecule has 48 heavy (non-hydrogen) atoms. The number of carbonyl (C=O) groups excluding carboxylic acids is 3. The fourth-order valence-corrected chi connectivity index (χ4v) is 6.77. The number of thioether (sulfide) groups is 1. The monoisotopic (exact) mass is 694 g/mol. The summed E-state index contributed by atoms with van der Waals surface area (Å²) in [5.41, 5.74) is 0. The summed E-state index contributed by atoms with van der Waals surface area (Å²) < 4.78 is 10.7. The fraction of sp³-hybridized carbons (Fsp3) is 0.829. The average molecular weight is 694 g/mol. The molecule has 0 aromatic heterocycles. The van der Waals surface area contributed by atoms with Crippen LogP contribution in [0, 0.1) is 0 Å². The molecule has 0 aromatic carbocycles. The highest BCUT2D eigenvalue weighted by atomic mass is 32.2. The molecule has 0 saturated heterocycles. The van der Waals surface area contributed by atoms with Gasteiger partial charge < -0.3 is 14.4 Å². The minimum Gasteiger partial charge on any atom is -0.461 e. The molecule has 6 nitrogen and oxygen atoms in total. The first-order chi connectivity index (χ1) is 23.4. The molecule has 0 radical (unpaired) electrons. The van der Waals surface area contributed by atoms with Gasteiger partial charge in [-0.2, -0.15) is 0 Å². The van der Waals surface area contributed by atoms with Crippen LogP contribution in [0.1, 0.15) is 181 Å². The van der Waals surface area contributed by atoms with Crippen molar-refractivity contribution in [3.05, 3.63) is 24.3 Å². The predicted molar refractivity (Wildman–Crippen MR) is 207 cm³/mol. The normalized spacial score (nSPS) is 11.8. The lowest BCUT2D eigenvalue weighted by Crippen LogP contribution is -2.14. The van der Waals surface area contributed by atoms with Crippen molar-refractivity contribution in [1.82, 2.24) is 4.90 Å². The van der Waals surface area contributed by atoms with Gasteiger partial charge in [0, 0.05) is 24.5 Å². The summed E-state index contributed by atoms with van der Waals surface area (Å²) in [4.78, 5) is 38.8. The second-order valence-corrected chi connectivity index (χ2v) is 15.0. The number of rotatable bonds is 35. The van der Waals surface area contributed by atoms with Crippen LogP contribution in [0.2, 0.25) is 0 Å². The zero-order chi connectivity index (χ0) is 35.3. The van der Waals surface area contributed by atoms with Crippen LogP contribution in [-0.2, 0) is 23.9 Å². The number of esters is 2. The van der Waals surface area contributed by atoms with E-state index in [4.69, 9.17) is 9.47 Å². The van der Waals surface area contributed by atoms with Crippen molar-refractivity contribution in [1.29, 1.82) is 0 Å². The third-order valence-corrected chi connectivity index (χ3v) is 9.83. The van der Waals surface area contributed by atoms with Crippen LogP contribution in [0.4, 0.5) is 0 Å². The Hall–Kier alpha value is -1.60. The maximum Gasteiger partial charge on any atom is 0.306 e. The van der Waals surface area contributed by atoms with Crippen molar-refractivity contribution < 1.29 is 23.9 Å². The number of carbonyl (C=O) groups is 3. The van der Waals surface area contributed by atoms with Gasteiger partial charge in [0.15, 0.2) is 5.12 Å². The number of unbranched alkanes of at least 4 members (excludes halogenated alkanes) is 16. The molecule has 0 unspecified atom stereocenters. The molecule has 0 aromatic rings. The third-order valence-electron chi connectivity index (χ3n) is 8.56. The summed E-state index contributed by atoms with van der Waals surface area (Å²) >= 11 is 1.58. The maximum atomic E-state index is 12.7. The van der Waals surface area contributed by atoms with Gasteiger partial charge in [0.25, 0.3) is 0 Å². The van der Waals surface area contributed by atoms with Crippen LogP contribution in [-0.4, -0.2) is 61.1 Å². The van der Waals surface area contributed by atoms with Crippen LogP contribution >= 0.6 is 11.8 Å². The summed E-state index contributed by atoms with van der Waals surface area (Å²) in [6.45, 7) is 6.17. The van der Waals surface area contributed by atoms with E-state index in [0.29, 0.717) is 42.8 Å². The Balaban J connectivity index is 4.11. The molecule has 0 saturated carbocycles. The molecule has 280 valence electrons. The minimum atomic E-state index is -0.0916. The molecule has 0 N–H and O–H groups in total. The molecule has 0 bridgehead atoms. The summed E-state index contributed by atoms with van der Waals surface area (Å²) in [5.74, 6) is -0.183. The summed E-state index contributed by atoms with van der Waals surface area (Å²) in [5, 5.41) is 0.720. The fourth-order valence-electron chi connectivity index (χ4n) is 5.57.